The maximum absolute atomic E-state index is 12.4. The van der Waals surface area contributed by atoms with Gasteiger partial charge in [0.05, 0.1) is 16.7 Å². The molecule has 1 saturated heterocycles. The average molecular weight is 333 g/mol. The van der Waals surface area contributed by atoms with Crippen molar-refractivity contribution in [1.82, 2.24) is 4.98 Å². The standard InChI is InChI=1S/C17H17ClN2O3/c18-12-7-8-16(19-10-12)20-17(21)14-5-1-2-6-15(14)23-11-13-4-3-9-22-13/h1-2,5-8,10,13H,3-4,9,11H2,(H,19,20,21)/t13-/m0/s1. The number of benzene rings is 1. The van der Waals surface area contributed by atoms with Crippen molar-refractivity contribution in [3.8, 4) is 5.75 Å². The number of hydrogen-bond donors (Lipinski definition) is 1. The highest BCUT2D eigenvalue weighted by Crippen LogP contribution is 2.21. The quantitative estimate of drug-likeness (QED) is 0.909. The third-order valence-corrected chi connectivity index (χ3v) is 3.77. The largest absolute Gasteiger partial charge is 0.490 e. The van der Waals surface area contributed by atoms with Crippen molar-refractivity contribution in [3.63, 3.8) is 0 Å². The summed E-state index contributed by atoms with van der Waals surface area (Å²) in [4.78, 5) is 16.5. The zero-order chi connectivity index (χ0) is 16.1. The van der Waals surface area contributed by atoms with Crippen molar-refractivity contribution in [2.75, 3.05) is 18.5 Å². The molecule has 2 aromatic rings. The summed E-state index contributed by atoms with van der Waals surface area (Å²) in [7, 11) is 0. The van der Waals surface area contributed by atoms with Crippen LogP contribution in [0.2, 0.25) is 5.02 Å². The minimum atomic E-state index is -0.275. The zero-order valence-electron chi connectivity index (χ0n) is 12.5. The molecule has 1 atom stereocenters. The van der Waals surface area contributed by atoms with E-state index in [0.29, 0.717) is 28.8 Å². The topological polar surface area (TPSA) is 60.5 Å². The molecule has 5 nitrogen and oxygen atoms in total. The average Bonchev–Trinajstić information content (AvgIpc) is 3.09. The molecule has 0 aliphatic carbocycles. The molecule has 2 heterocycles. The second kappa shape index (κ2) is 7.44. The molecule has 6 heteroatoms. The molecule has 0 saturated carbocycles. The number of nitrogens with zero attached hydrogens (tertiary/aromatic N) is 1. The lowest BCUT2D eigenvalue weighted by atomic mass is 10.2. The van der Waals surface area contributed by atoms with E-state index in [4.69, 9.17) is 21.1 Å². The Labute approximate surface area is 139 Å². The molecule has 0 bridgehead atoms. The van der Waals surface area contributed by atoms with Gasteiger partial charge in [0.15, 0.2) is 0 Å². The predicted molar refractivity (Wildman–Crippen MR) is 88.1 cm³/mol. The van der Waals surface area contributed by atoms with Crippen molar-refractivity contribution in [2.24, 2.45) is 0 Å². The minimum Gasteiger partial charge on any atom is -0.490 e. The van der Waals surface area contributed by atoms with Gasteiger partial charge in [0.1, 0.15) is 18.2 Å². The first-order valence-corrected chi connectivity index (χ1v) is 7.86. The number of ether oxygens (including phenoxy) is 2. The van der Waals surface area contributed by atoms with Gasteiger partial charge in [-0.3, -0.25) is 4.79 Å². The lowest BCUT2D eigenvalue weighted by Gasteiger charge is -2.14. The number of anilines is 1. The molecular weight excluding hydrogens is 316 g/mol. The number of carbonyl (C=O) groups is 1. The van der Waals surface area contributed by atoms with Gasteiger partial charge in [-0.2, -0.15) is 0 Å². The number of para-hydroxylation sites is 1. The maximum atomic E-state index is 12.4. The molecule has 1 amide bonds. The molecule has 23 heavy (non-hydrogen) atoms. The van der Waals surface area contributed by atoms with E-state index in [2.05, 4.69) is 10.3 Å². The van der Waals surface area contributed by atoms with Crippen LogP contribution >= 0.6 is 11.6 Å². The van der Waals surface area contributed by atoms with E-state index in [9.17, 15) is 4.79 Å². The molecule has 3 rings (SSSR count). The highest BCUT2D eigenvalue weighted by Gasteiger charge is 2.18. The fraction of sp³-hybridized carbons (Fsp3) is 0.294. The Kier molecular flexibility index (Phi) is 5.10. The lowest BCUT2D eigenvalue weighted by molar-refractivity contribution is 0.0673. The van der Waals surface area contributed by atoms with Crippen LogP contribution in [0.15, 0.2) is 42.6 Å². The second-order valence-electron chi connectivity index (χ2n) is 5.26. The number of nitrogens with one attached hydrogen (secondary N) is 1. The van der Waals surface area contributed by atoms with Crippen LogP contribution in [0.1, 0.15) is 23.2 Å². The molecular formula is C17H17ClN2O3. The Morgan fingerprint density at radius 1 is 1.35 bits per heavy atom. The summed E-state index contributed by atoms with van der Waals surface area (Å²) in [5, 5.41) is 3.25. The Hall–Kier alpha value is -2.11. The van der Waals surface area contributed by atoms with Crippen molar-refractivity contribution >= 4 is 23.3 Å². The third kappa shape index (κ3) is 4.21. The van der Waals surface area contributed by atoms with E-state index in [1.807, 2.05) is 6.07 Å². The highest BCUT2D eigenvalue weighted by atomic mass is 35.5. The second-order valence-corrected chi connectivity index (χ2v) is 5.69. The summed E-state index contributed by atoms with van der Waals surface area (Å²) < 4.78 is 11.3. The van der Waals surface area contributed by atoms with Crippen LogP contribution in [-0.4, -0.2) is 30.2 Å². The van der Waals surface area contributed by atoms with Crippen molar-refractivity contribution in [1.29, 1.82) is 0 Å². The molecule has 0 unspecified atom stereocenters. The summed E-state index contributed by atoms with van der Waals surface area (Å²) in [6, 6.07) is 10.4. The fourth-order valence-electron chi connectivity index (χ4n) is 2.37. The summed E-state index contributed by atoms with van der Waals surface area (Å²) >= 11 is 5.79. The molecule has 0 spiro atoms. The van der Waals surface area contributed by atoms with E-state index >= 15 is 0 Å². The maximum Gasteiger partial charge on any atom is 0.260 e. The van der Waals surface area contributed by atoms with Crippen LogP contribution in [0.4, 0.5) is 5.82 Å². The van der Waals surface area contributed by atoms with Gasteiger partial charge in [-0.1, -0.05) is 23.7 Å². The molecule has 1 aromatic carbocycles. The number of hydrogen-bond acceptors (Lipinski definition) is 4. The first-order chi connectivity index (χ1) is 11.2. The highest BCUT2D eigenvalue weighted by molar-refractivity contribution is 6.30. The van der Waals surface area contributed by atoms with Gasteiger partial charge in [0.2, 0.25) is 0 Å². The summed E-state index contributed by atoms with van der Waals surface area (Å²) in [6.45, 7) is 1.22. The first kappa shape index (κ1) is 15.8. The van der Waals surface area contributed by atoms with E-state index in [1.165, 1.54) is 6.20 Å². The Morgan fingerprint density at radius 3 is 2.96 bits per heavy atom. The van der Waals surface area contributed by atoms with Crippen LogP contribution in [0.5, 0.6) is 5.75 Å². The molecule has 120 valence electrons. The Bertz CT molecular complexity index is 670. The zero-order valence-corrected chi connectivity index (χ0v) is 13.3. The summed E-state index contributed by atoms with van der Waals surface area (Å²) in [5.41, 5.74) is 0.460. The van der Waals surface area contributed by atoms with Gasteiger partial charge in [-0.25, -0.2) is 4.98 Å². The van der Waals surface area contributed by atoms with Gasteiger partial charge in [-0.05, 0) is 37.1 Å². The summed E-state index contributed by atoms with van der Waals surface area (Å²) in [6.07, 6.45) is 3.63. The number of aromatic nitrogens is 1. The van der Waals surface area contributed by atoms with Crippen LogP contribution < -0.4 is 10.1 Å². The molecule has 1 aromatic heterocycles. The van der Waals surface area contributed by atoms with Crippen LogP contribution in [0.3, 0.4) is 0 Å². The Balaban J connectivity index is 1.68. The molecule has 1 aliphatic rings. The van der Waals surface area contributed by atoms with Crippen LogP contribution in [-0.2, 0) is 4.74 Å². The van der Waals surface area contributed by atoms with Crippen molar-refractivity contribution in [3.05, 3.63) is 53.2 Å². The van der Waals surface area contributed by atoms with Gasteiger partial charge in [0.25, 0.3) is 5.91 Å². The number of amides is 1. The van der Waals surface area contributed by atoms with E-state index < -0.39 is 0 Å². The molecule has 1 N–H and O–H groups in total. The number of pyridine rings is 1. The lowest BCUT2D eigenvalue weighted by Crippen LogP contribution is -2.19. The first-order valence-electron chi connectivity index (χ1n) is 7.49. The van der Waals surface area contributed by atoms with Gasteiger partial charge in [0, 0.05) is 12.8 Å². The van der Waals surface area contributed by atoms with Crippen LogP contribution in [0.25, 0.3) is 0 Å². The SMILES string of the molecule is O=C(Nc1ccc(Cl)cn1)c1ccccc1OC[C@@H]1CCCO1. The van der Waals surface area contributed by atoms with Gasteiger partial charge < -0.3 is 14.8 Å². The monoisotopic (exact) mass is 332 g/mol. The summed E-state index contributed by atoms with van der Waals surface area (Å²) in [5.74, 6) is 0.700. The third-order valence-electron chi connectivity index (χ3n) is 3.55. The predicted octanol–water partition coefficient (Wildman–Crippen LogP) is 3.55. The van der Waals surface area contributed by atoms with E-state index in [1.54, 1.807) is 30.3 Å². The Morgan fingerprint density at radius 2 is 2.22 bits per heavy atom. The number of rotatable bonds is 5. The fourth-order valence-corrected chi connectivity index (χ4v) is 2.48. The smallest absolute Gasteiger partial charge is 0.260 e. The van der Waals surface area contributed by atoms with Crippen molar-refractivity contribution in [2.45, 2.75) is 18.9 Å². The molecule has 0 radical (unpaired) electrons. The molecule has 1 fully saturated rings. The minimum absolute atomic E-state index is 0.101. The number of halogens is 1. The van der Waals surface area contributed by atoms with Gasteiger partial charge in [-0.15, -0.1) is 0 Å². The van der Waals surface area contributed by atoms with E-state index in [-0.39, 0.29) is 12.0 Å². The number of carbonyl (C=O) groups excluding carboxylic acids is 1. The van der Waals surface area contributed by atoms with Crippen LogP contribution in [0, 0.1) is 0 Å². The normalized spacial score (nSPS) is 17.0. The van der Waals surface area contributed by atoms with Crippen molar-refractivity contribution < 1.29 is 14.3 Å². The molecule has 1 aliphatic heterocycles. The van der Waals surface area contributed by atoms with Gasteiger partial charge >= 0.3 is 0 Å². The van der Waals surface area contributed by atoms with E-state index in [0.717, 1.165) is 19.4 Å².